The van der Waals surface area contributed by atoms with E-state index in [4.69, 9.17) is 10.5 Å². The van der Waals surface area contributed by atoms with Gasteiger partial charge >= 0.3 is 0 Å². The van der Waals surface area contributed by atoms with Crippen LogP contribution >= 0.6 is 0 Å². The van der Waals surface area contributed by atoms with Gasteiger partial charge in [-0.3, -0.25) is 14.7 Å². The monoisotopic (exact) mass is 441 g/mol. The molecule has 0 saturated heterocycles. The van der Waals surface area contributed by atoms with Crippen molar-refractivity contribution in [3.05, 3.63) is 83.7 Å². The molecule has 2 amide bonds. The molecule has 1 aliphatic rings. The third kappa shape index (κ3) is 3.76. The number of fused-ring (bicyclic) bond motifs is 3. The first-order valence-corrected chi connectivity index (χ1v) is 10.7. The SMILES string of the molecule is C/C=C/C(=O)N1CCc2nc3c(C(N)=O)c(-c4ccc(Oc5ccccc5)cc4)[nH]n3c2C1. The van der Waals surface area contributed by atoms with Gasteiger partial charge in [-0.2, -0.15) is 0 Å². The Hall–Kier alpha value is -4.33. The largest absolute Gasteiger partial charge is 0.457 e. The van der Waals surface area contributed by atoms with Crippen LogP contribution in [0.15, 0.2) is 66.7 Å². The van der Waals surface area contributed by atoms with E-state index in [1.165, 1.54) is 0 Å². The fraction of sp³-hybridized carbons (Fsp3) is 0.160. The molecule has 0 radical (unpaired) electrons. The van der Waals surface area contributed by atoms with E-state index in [1.54, 1.807) is 21.6 Å². The number of nitrogens with two attached hydrogens (primary N) is 1. The van der Waals surface area contributed by atoms with Gasteiger partial charge in [0.05, 0.1) is 23.6 Å². The molecule has 0 bridgehead atoms. The third-order valence-electron chi connectivity index (χ3n) is 5.70. The molecular formula is C25H23N5O3. The van der Waals surface area contributed by atoms with Gasteiger partial charge in [0.25, 0.3) is 5.91 Å². The number of aromatic amines is 1. The maximum atomic E-state index is 12.4. The molecule has 3 N–H and O–H groups in total. The number of primary amides is 1. The van der Waals surface area contributed by atoms with Crippen molar-refractivity contribution in [2.45, 2.75) is 19.9 Å². The summed E-state index contributed by atoms with van der Waals surface area (Å²) in [6, 6.07) is 16.9. The molecule has 0 saturated carbocycles. The average molecular weight is 441 g/mol. The minimum atomic E-state index is -0.565. The van der Waals surface area contributed by atoms with E-state index in [-0.39, 0.29) is 5.91 Å². The quantitative estimate of drug-likeness (QED) is 0.461. The van der Waals surface area contributed by atoms with Crippen molar-refractivity contribution in [1.82, 2.24) is 19.5 Å². The topological polar surface area (TPSA) is 106 Å². The molecule has 33 heavy (non-hydrogen) atoms. The molecule has 8 heteroatoms. The smallest absolute Gasteiger partial charge is 0.254 e. The van der Waals surface area contributed by atoms with Crippen LogP contribution in [0.2, 0.25) is 0 Å². The first kappa shape index (κ1) is 20.6. The summed E-state index contributed by atoms with van der Waals surface area (Å²) in [7, 11) is 0. The maximum Gasteiger partial charge on any atom is 0.254 e. The summed E-state index contributed by atoms with van der Waals surface area (Å²) in [5.41, 5.74) is 9.64. The summed E-state index contributed by atoms with van der Waals surface area (Å²) in [6.07, 6.45) is 3.90. The number of imidazole rings is 1. The molecule has 0 atom stereocenters. The molecule has 4 aromatic rings. The standard InChI is InChI=1S/C25H23N5O3/c1-2-6-21(31)29-14-13-19-20(15-29)30-25(27-19)22(24(26)32)23(28-30)16-9-11-18(12-10-16)33-17-7-4-3-5-8-17/h2-12,28H,13-15H2,1H3,(H2,26,32)/b6-2+. The van der Waals surface area contributed by atoms with Crippen LogP contribution in [0, 0.1) is 0 Å². The summed E-state index contributed by atoms with van der Waals surface area (Å²) in [4.78, 5) is 31.2. The molecule has 2 aromatic heterocycles. The zero-order chi connectivity index (χ0) is 22.9. The first-order valence-electron chi connectivity index (χ1n) is 10.7. The van der Waals surface area contributed by atoms with Crippen LogP contribution < -0.4 is 10.5 Å². The van der Waals surface area contributed by atoms with Crippen LogP contribution in [0.4, 0.5) is 0 Å². The second kappa shape index (κ2) is 8.31. The average Bonchev–Trinajstić information content (AvgIpc) is 3.36. The zero-order valence-electron chi connectivity index (χ0n) is 18.1. The molecule has 1 aliphatic heterocycles. The molecule has 8 nitrogen and oxygen atoms in total. The van der Waals surface area contributed by atoms with E-state index in [9.17, 15) is 9.59 Å². The van der Waals surface area contributed by atoms with Gasteiger partial charge in [-0.15, -0.1) is 0 Å². The first-order chi connectivity index (χ1) is 16.0. The second-order valence-electron chi connectivity index (χ2n) is 7.84. The molecule has 0 spiro atoms. The lowest BCUT2D eigenvalue weighted by atomic mass is 10.1. The van der Waals surface area contributed by atoms with Gasteiger partial charge in [0.15, 0.2) is 5.65 Å². The van der Waals surface area contributed by atoms with Crippen molar-refractivity contribution in [3.8, 4) is 22.8 Å². The van der Waals surface area contributed by atoms with Crippen LogP contribution in [0.3, 0.4) is 0 Å². The Morgan fingerprint density at radius 1 is 1.09 bits per heavy atom. The fourth-order valence-electron chi connectivity index (χ4n) is 4.12. The maximum absolute atomic E-state index is 12.4. The number of nitrogens with one attached hydrogen (secondary N) is 1. The number of carbonyl (C=O) groups excluding carboxylic acids is 2. The number of nitrogens with zero attached hydrogens (tertiary/aromatic N) is 3. The highest BCUT2D eigenvalue weighted by atomic mass is 16.5. The highest BCUT2D eigenvalue weighted by Crippen LogP contribution is 2.31. The van der Waals surface area contributed by atoms with Gasteiger partial charge in [-0.25, -0.2) is 9.50 Å². The molecule has 5 rings (SSSR count). The molecular weight excluding hydrogens is 418 g/mol. The van der Waals surface area contributed by atoms with Crippen molar-refractivity contribution in [1.29, 1.82) is 0 Å². The Morgan fingerprint density at radius 3 is 2.52 bits per heavy atom. The minimum absolute atomic E-state index is 0.0472. The van der Waals surface area contributed by atoms with Gasteiger partial charge in [-0.05, 0) is 49.4 Å². The lowest BCUT2D eigenvalue weighted by Gasteiger charge is -2.25. The lowest BCUT2D eigenvalue weighted by Crippen LogP contribution is -2.35. The number of carbonyl (C=O) groups is 2. The molecule has 2 aromatic carbocycles. The fourth-order valence-corrected chi connectivity index (χ4v) is 4.12. The van der Waals surface area contributed by atoms with Gasteiger partial charge in [0, 0.05) is 18.5 Å². The zero-order valence-corrected chi connectivity index (χ0v) is 18.1. The number of allylic oxidation sites excluding steroid dienone is 1. The number of hydrogen-bond acceptors (Lipinski definition) is 4. The number of para-hydroxylation sites is 1. The minimum Gasteiger partial charge on any atom is -0.457 e. The molecule has 0 fully saturated rings. The van der Waals surface area contributed by atoms with E-state index in [0.717, 1.165) is 22.7 Å². The Kier molecular flexibility index (Phi) is 5.18. The predicted molar refractivity (Wildman–Crippen MR) is 124 cm³/mol. The van der Waals surface area contributed by atoms with E-state index >= 15 is 0 Å². The number of aromatic nitrogens is 3. The Morgan fingerprint density at radius 2 is 1.82 bits per heavy atom. The van der Waals surface area contributed by atoms with Crippen molar-refractivity contribution in [3.63, 3.8) is 0 Å². The van der Waals surface area contributed by atoms with Gasteiger partial charge in [0.1, 0.15) is 17.1 Å². The van der Waals surface area contributed by atoms with Gasteiger partial charge in [-0.1, -0.05) is 24.3 Å². The van der Waals surface area contributed by atoms with E-state index in [2.05, 4.69) is 10.1 Å². The van der Waals surface area contributed by atoms with Crippen LogP contribution in [0.1, 0.15) is 28.7 Å². The number of benzene rings is 2. The van der Waals surface area contributed by atoms with Crippen molar-refractivity contribution >= 4 is 17.5 Å². The number of hydrogen-bond donors (Lipinski definition) is 2. The summed E-state index contributed by atoms with van der Waals surface area (Å²) in [5, 5.41) is 3.29. The Balaban J connectivity index is 1.51. The van der Waals surface area contributed by atoms with Crippen LogP contribution in [-0.2, 0) is 17.8 Å². The van der Waals surface area contributed by atoms with Crippen LogP contribution in [-0.4, -0.2) is 37.9 Å². The summed E-state index contributed by atoms with van der Waals surface area (Å²) >= 11 is 0. The van der Waals surface area contributed by atoms with Gasteiger partial charge < -0.3 is 15.4 Å². The Bertz CT molecular complexity index is 1370. The number of H-pyrrole nitrogens is 1. The van der Waals surface area contributed by atoms with E-state index < -0.39 is 5.91 Å². The molecule has 0 aliphatic carbocycles. The molecule has 166 valence electrons. The van der Waals surface area contributed by atoms with Crippen molar-refractivity contribution in [2.75, 3.05) is 6.54 Å². The van der Waals surface area contributed by atoms with Crippen LogP contribution in [0.25, 0.3) is 16.9 Å². The molecule has 3 heterocycles. The number of ether oxygens (including phenoxy) is 1. The third-order valence-corrected chi connectivity index (χ3v) is 5.70. The van der Waals surface area contributed by atoms with Crippen molar-refractivity contribution in [2.24, 2.45) is 5.73 Å². The Labute approximate surface area is 190 Å². The van der Waals surface area contributed by atoms with Gasteiger partial charge in [0.2, 0.25) is 5.91 Å². The molecule has 0 unspecified atom stereocenters. The number of rotatable bonds is 5. The van der Waals surface area contributed by atoms with E-state index in [1.807, 2.05) is 61.5 Å². The lowest BCUT2D eigenvalue weighted by molar-refractivity contribution is -0.127. The van der Waals surface area contributed by atoms with Crippen LogP contribution in [0.5, 0.6) is 11.5 Å². The summed E-state index contributed by atoms with van der Waals surface area (Å²) in [6.45, 7) is 2.80. The normalized spacial score (nSPS) is 13.4. The van der Waals surface area contributed by atoms with Crippen molar-refractivity contribution < 1.29 is 14.3 Å². The second-order valence-corrected chi connectivity index (χ2v) is 7.84. The summed E-state index contributed by atoms with van der Waals surface area (Å²) < 4.78 is 7.63. The number of amides is 2. The predicted octanol–water partition coefficient (Wildman–Crippen LogP) is 3.68. The van der Waals surface area contributed by atoms with E-state index in [0.29, 0.717) is 42.2 Å². The highest BCUT2D eigenvalue weighted by molar-refractivity contribution is 6.04. The highest BCUT2D eigenvalue weighted by Gasteiger charge is 2.28. The summed E-state index contributed by atoms with van der Waals surface area (Å²) in [5.74, 6) is 0.807.